The van der Waals surface area contributed by atoms with Crippen LogP contribution in [0.3, 0.4) is 0 Å². The Morgan fingerprint density at radius 2 is 1.80 bits per heavy atom. The molecule has 4 nitrogen and oxygen atoms in total. The van der Waals surface area contributed by atoms with Crippen LogP contribution in [0, 0.1) is 11.3 Å². The van der Waals surface area contributed by atoms with Crippen molar-refractivity contribution < 1.29 is 19.4 Å². The Hall–Kier alpha value is -1.06. The first-order chi connectivity index (χ1) is 7.03. The van der Waals surface area contributed by atoms with Crippen LogP contribution in [-0.4, -0.2) is 24.2 Å². The molecule has 0 spiro atoms. The summed E-state index contributed by atoms with van der Waals surface area (Å²) in [6, 6.07) is 0. The van der Waals surface area contributed by atoms with E-state index < -0.39 is 17.4 Å². The first-order valence-corrected chi connectivity index (χ1v) is 5.35. The van der Waals surface area contributed by atoms with Gasteiger partial charge in [-0.15, -0.1) is 0 Å². The molecule has 0 amide bonds. The van der Waals surface area contributed by atoms with Crippen LogP contribution in [0.25, 0.3) is 0 Å². The van der Waals surface area contributed by atoms with Gasteiger partial charge < -0.3 is 9.84 Å². The second-order valence-electron chi connectivity index (χ2n) is 4.33. The molecule has 0 aliphatic heterocycles. The quantitative estimate of drug-likeness (QED) is 0.575. The Bertz CT molecular complexity index is 255. The number of rotatable bonds is 3. The maximum Gasteiger partial charge on any atom is 0.323 e. The Balaban J connectivity index is 2.88. The summed E-state index contributed by atoms with van der Waals surface area (Å²) in [6.45, 7) is 1.48. The minimum Gasteiger partial charge on any atom is -0.480 e. The van der Waals surface area contributed by atoms with Gasteiger partial charge in [-0.3, -0.25) is 9.59 Å². The summed E-state index contributed by atoms with van der Waals surface area (Å²) in [5.41, 5.74) is -1.37. The van der Waals surface area contributed by atoms with Crippen molar-refractivity contribution in [3.05, 3.63) is 0 Å². The SMILES string of the molecule is COC(=O)C(C)(C(=O)O)C1CCCCC1. The van der Waals surface area contributed by atoms with Crippen molar-refractivity contribution in [2.75, 3.05) is 7.11 Å². The second kappa shape index (κ2) is 4.64. The fourth-order valence-corrected chi connectivity index (χ4v) is 2.32. The number of carbonyl (C=O) groups excluding carboxylic acids is 1. The number of carboxylic acids is 1. The first kappa shape index (κ1) is 12.0. The normalized spacial score (nSPS) is 21.7. The van der Waals surface area contributed by atoms with E-state index in [0.717, 1.165) is 32.1 Å². The van der Waals surface area contributed by atoms with Crippen LogP contribution >= 0.6 is 0 Å². The van der Waals surface area contributed by atoms with Crippen LogP contribution in [-0.2, 0) is 14.3 Å². The monoisotopic (exact) mass is 214 g/mol. The fourth-order valence-electron chi connectivity index (χ4n) is 2.32. The van der Waals surface area contributed by atoms with Crippen molar-refractivity contribution in [2.45, 2.75) is 39.0 Å². The van der Waals surface area contributed by atoms with Gasteiger partial charge >= 0.3 is 11.9 Å². The first-order valence-electron chi connectivity index (χ1n) is 5.35. The van der Waals surface area contributed by atoms with Gasteiger partial charge in [0, 0.05) is 0 Å². The Labute approximate surface area is 89.6 Å². The molecule has 0 aromatic carbocycles. The number of hydrogen-bond acceptors (Lipinski definition) is 3. The Morgan fingerprint density at radius 1 is 1.27 bits per heavy atom. The molecule has 15 heavy (non-hydrogen) atoms. The summed E-state index contributed by atoms with van der Waals surface area (Å²) in [4.78, 5) is 22.8. The van der Waals surface area contributed by atoms with Crippen molar-refractivity contribution in [3.63, 3.8) is 0 Å². The Morgan fingerprint density at radius 3 is 2.20 bits per heavy atom. The van der Waals surface area contributed by atoms with E-state index in [0.29, 0.717) is 0 Å². The van der Waals surface area contributed by atoms with Gasteiger partial charge in [-0.2, -0.15) is 0 Å². The van der Waals surface area contributed by atoms with Crippen LogP contribution in [0.15, 0.2) is 0 Å². The summed E-state index contributed by atoms with van der Waals surface area (Å²) in [7, 11) is 1.24. The number of esters is 1. The lowest BCUT2D eigenvalue weighted by molar-refractivity contribution is -0.171. The van der Waals surface area contributed by atoms with Crippen molar-refractivity contribution >= 4 is 11.9 Å². The second-order valence-corrected chi connectivity index (χ2v) is 4.33. The molecule has 1 saturated carbocycles. The van der Waals surface area contributed by atoms with Gasteiger partial charge in [0.15, 0.2) is 5.41 Å². The molecule has 1 N–H and O–H groups in total. The van der Waals surface area contributed by atoms with Gasteiger partial charge in [0.25, 0.3) is 0 Å². The smallest absolute Gasteiger partial charge is 0.323 e. The zero-order chi connectivity index (χ0) is 11.5. The molecule has 0 saturated heterocycles. The van der Waals surface area contributed by atoms with Gasteiger partial charge in [-0.25, -0.2) is 0 Å². The average molecular weight is 214 g/mol. The standard InChI is InChI=1S/C11H18O4/c1-11(9(12)13,10(14)15-2)8-6-4-3-5-7-8/h8H,3-7H2,1-2H3,(H,12,13). The van der Waals surface area contributed by atoms with Gasteiger partial charge in [0.05, 0.1) is 7.11 Å². The molecule has 4 heteroatoms. The van der Waals surface area contributed by atoms with Crippen molar-refractivity contribution in [1.29, 1.82) is 0 Å². The highest BCUT2D eigenvalue weighted by atomic mass is 16.5. The van der Waals surface area contributed by atoms with Gasteiger partial charge in [-0.05, 0) is 25.7 Å². The maximum atomic E-state index is 11.6. The highest BCUT2D eigenvalue weighted by Crippen LogP contribution is 2.39. The van der Waals surface area contributed by atoms with E-state index in [1.165, 1.54) is 14.0 Å². The molecule has 1 rings (SSSR count). The fraction of sp³-hybridized carbons (Fsp3) is 0.818. The molecule has 0 aromatic heterocycles. The summed E-state index contributed by atoms with van der Waals surface area (Å²) in [5.74, 6) is -1.78. The van der Waals surface area contributed by atoms with Crippen LogP contribution < -0.4 is 0 Å². The third kappa shape index (κ3) is 2.13. The van der Waals surface area contributed by atoms with Crippen molar-refractivity contribution in [1.82, 2.24) is 0 Å². The van der Waals surface area contributed by atoms with Gasteiger partial charge in [0.1, 0.15) is 0 Å². The molecular weight excluding hydrogens is 196 g/mol. The molecule has 1 aliphatic rings. The molecule has 0 bridgehead atoms. The molecule has 1 fully saturated rings. The predicted octanol–water partition coefficient (Wildman–Crippen LogP) is 1.83. The van der Waals surface area contributed by atoms with Crippen LogP contribution in [0.1, 0.15) is 39.0 Å². The summed E-state index contributed by atoms with van der Waals surface area (Å²) in [6.07, 6.45) is 4.75. The molecule has 0 radical (unpaired) electrons. The Kier molecular flexibility index (Phi) is 3.72. The minimum atomic E-state index is -1.37. The lowest BCUT2D eigenvalue weighted by atomic mass is 9.70. The van der Waals surface area contributed by atoms with Crippen LogP contribution in [0.4, 0.5) is 0 Å². The summed E-state index contributed by atoms with van der Waals surface area (Å²) >= 11 is 0. The van der Waals surface area contributed by atoms with E-state index in [-0.39, 0.29) is 5.92 Å². The predicted molar refractivity (Wildman–Crippen MR) is 54.3 cm³/mol. The number of carboxylic acid groups (broad SMARTS) is 1. The third-order valence-electron chi connectivity index (χ3n) is 3.48. The highest BCUT2D eigenvalue weighted by Gasteiger charge is 2.49. The molecular formula is C11H18O4. The van der Waals surface area contributed by atoms with E-state index in [1.54, 1.807) is 0 Å². The summed E-state index contributed by atoms with van der Waals surface area (Å²) in [5, 5.41) is 9.19. The number of hydrogen-bond donors (Lipinski definition) is 1. The largest absolute Gasteiger partial charge is 0.480 e. The lowest BCUT2D eigenvalue weighted by Crippen LogP contribution is -2.44. The van der Waals surface area contributed by atoms with E-state index in [1.807, 2.05) is 0 Å². The molecule has 1 aliphatic carbocycles. The number of methoxy groups -OCH3 is 1. The summed E-state index contributed by atoms with van der Waals surface area (Å²) < 4.78 is 4.61. The number of ether oxygens (including phenoxy) is 1. The van der Waals surface area contributed by atoms with E-state index >= 15 is 0 Å². The number of carbonyl (C=O) groups is 2. The number of aliphatic carboxylic acids is 1. The van der Waals surface area contributed by atoms with Crippen LogP contribution in [0.5, 0.6) is 0 Å². The zero-order valence-electron chi connectivity index (χ0n) is 9.28. The van der Waals surface area contributed by atoms with Crippen LogP contribution in [0.2, 0.25) is 0 Å². The van der Waals surface area contributed by atoms with Crippen molar-refractivity contribution in [3.8, 4) is 0 Å². The average Bonchev–Trinajstić information content (AvgIpc) is 2.27. The topological polar surface area (TPSA) is 63.6 Å². The van der Waals surface area contributed by atoms with E-state index in [9.17, 15) is 14.7 Å². The third-order valence-corrected chi connectivity index (χ3v) is 3.48. The maximum absolute atomic E-state index is 11.6. The minimum absolute atomic E-state index is 0.0869. The van der Waals surface area contributed by atoms with Crippen molar-refractivity contribution in [2.24, 2.45) is 11.3 Å². The van der Waals surface area contributed by atoms with Gasteiger partial charge in [-0.1, -0.05) is 19.3 Å². The zero-order valence-corrected chi connectivity index (χ0v) is 9.28. The molecule has 0 heterocycles. The van der Waals surface area contributed by atoms with E-state index in [4.69, 9.17) is 0 Å². The lowest BCUT2D eigenvalue weighted by Gasteiger charge is -2.33. The van der Waals surface area contributed by atoms with Gasteiger partial charge in [0.2, 0.25) is 0 Å². The molecule has 1 atom stereocenters. The van der Waals surface area contributed by atoms with E-state index in [2.05, 4.69) is 4.74 Å². The molecule has 86 valence electrons. The molecule has 0 aromatic rings. The highest BCUT2D eigenvalue weighted by molar-refractivity contribution is 5.99. The molecule has 1 unspecified atom stereocenters.